The summed E-state index contributed by atoms with van der Waals surface area (Å²) in [6, 6.07) is 59.8. The molecule has 0 bridgehead atoms. The Hall–Kier alpha value is -7.44. The predicted molar refractivity (Wildman–Crippen MR) is 435 cm³/mol. The standard InChI is InChI=1S/3C14H22.C10H10O2.3C10H14.2C6H10O2/c1-13(2,3)11-7-9-12(10-8-11)14(4,5)6;1-13(2,3)11-8-7-9-12(10-11)14(4,5)6;1-13(2,3)11-9-7-8-10-12(11)14(4,5)6;1-7(11)9-5-3-4-6-10(9)8(2)12;1-3-9-5-7-10(4-2)8-6-9;1-3-9-6-5-7-10(4-2)8-9;1-3-9-7-5-6-8-10(9)4-2;1-5(7)3-4-6(2)8;1-3-6(8)4-5(2)7/h3*7-10H,1-6H3;3-6H,1-2H3;3*5-8H,3-4H2,1-2H3;2*3-4H2,1-2H3. The van der Waals surface area contributed by atoms with Crippen molar-refractivity contribution in [2.75, 3.05) is 0 Å². The molecule has 0 atom stereocenters. The molecular weight excluding hydrogens is 1230 g/mol. The molecule has 0 saturated heterocycles. The second kappa shape index (κ2) is 46.9. The molecule has 100 heavy (non-hydrogen) atoms. The lowest BCUT2D eigenvalue weighted by Crippen LogP contribution is -2.21. The molecule has 6 heteroatoms. The zero-order valence-corrected chi connectivity index (χ0v) is 68.7. The van der Waals surface area contributed by atoms with Gasteiger partial charge < -0.3 is 9.59 Å². The largest absolute Gasteiger partial charge is 0.300 e. The van der Waals surface area contributed by atoms with Crippen molar-refractivity contribution in [2.45, 2.75) is 304 Å². The lowest BCUT2D eigenvalue weighted by Gasteiger charge is -2.29. The summed E-state index contributed by atoms with van der Waals surface area (Å²) in [6.07, 6.45) is 8.27. The monoisotopic (exact) mass is 1360 g/mol. The predicted octanol–water partition coefficient (Wildman–Crippen LogP) is 25.3. The number of carbonyl (C=O) groups is 6. The summed E-state index contributed by atoms with van der Waals surface area (Å²) >= 11 is 0. The summed E-state index contributed by atoms with van der Waals surface area (Å²) in [7, 11) is 0. The van der Waals surface area contributed by atoms with E-state index in [4.69, 9.17) is 0 Å². The SMILES string of the molecule is CC(=O)CCC(C)=O.CC(=O)c1ccccc1C(C)=O.CC(C)(C)c1ccc(C(C)(C)C)cc1.CC(C)(C)c1cccc(C(C)(C)C)c1.CC(C)(C)c1ccccc1C(C)(C)C.CCC(=O)CC(C)=O.CCc1ccc(CC)cc1.CCc1cccc(CC)c1.CCc1ccccc1CC. The summed E-state index contributed by atoms with van der Waals surface area (Å²) in [5.74, 6) is 0.0105. The summed E-state index contributed by atoms with van der Waals surface area (Å²) in [5, 5.41) is 0. The Morgan fingerprint density at radius 3 is 0.790 bits per heavy atom. The Morgan fingerprint density at radius 2 is 0.560 bits per heavy atom. The van der Waals surface area contributed by atoms with E-state index < -0.39 is 0 Å². The van der Waals surface area contributed by atoms with Crippen LogP contribution in [0, 0.1) is 0 Å². The molecule has 0 spiro atoms. The fourth-order valence-corrected chi connectivity index (χ4v) is 9.89. The van der Waals surface area contributed by atoms with Gasteiger partial charge in [0.2, 0.25) is 0 Å². The number of hydrogen-bond acceptors (Lipinski definition) is 6. The Bertz CT molecular complexity index is 3280. The van der Waals surface area contributed by atoms with Crippen LogP contribution in [0.15, 0.2) is 170 Å². The van der Waals surface area contributed by atoms with Gasteiger partial charge in [0.1, 0.15) is 23.1 Å². The van der Waals surface area contributed by atoms with Crippen molar-refractivity contribution in [3.63, 3.8) is 0 Å². The minimum absolute atomic E-state index is 0.0255. The van der Waals surface area contributed by atoms with Crippen molar-refractivity contribution in [3.05, 3.63) is 248 Å². The van der Waals surface area contributed by atoms with Crippen LogP contribution in [-0.4, -0.2) is 34.7 Å². The third-order valence-electron chi connectivity index (χ3n) is 16.6. The van der Waals surface area contributed by atoms with Crippen molar-refractivity contribution in [1.29, 1.82) is 0 Å². The Morgan fingerprint density at radius 1 is 0.270 bits per heavy atom. The summed E-state index contributed by atoms with van der Waals surface area (Å²) in [6.45, 7) is 62.9. The Labute approximate surface area is 612 Å². The van der Waals surface area contributed by atoms with Gasteiger partial charge in [0.25, 0.3) is 0 Å². The molecule has 7 aromatic carbocycles. The molecule has 0 heterocycles. The van der Waals surface area contributed by atoms with Gasteiger partial charge in [0.15, 0.2) is 11.6 Å². The van der Waals surface area contributed by atoms with Crippen LogP contribution >= 0.6 is 0 Å². The fraction of sp³-hybridized carbons (Fsp3) is 0.489. The maximum absolute atomic E-state index is 11.0. The average Bonchev–Trinajstić information content (AvgIpc) is 0.861. The highest BCUT2D eigenvalue weighted by atomic mass is 16.2. The van der Waals surface area contributed by atoms with E-state index in [1.165, 1.54) is 101 Å². The number of ketones is 6. The highest BCUT2D eigenvalue weighted by Gasteiger charge is 2.24. The number of rotatable bonds is 14. The molecule has 0 aliphatic heterocycles. The first-order valence-electron chi connectivity index (χ1n) is 36.8. The maximum atomic E-state index is 11.0. The molecule has 6 nitrogen and oxygen atoms in total. The molecule has 0 amide bonds. The normalized spacial score (nSPS) is 10.9. The van der Waals surface area contributed by atoms with E-state index in [1.54, 1.807) is 31.2 Å². The third-order valence-corrected chi connectivity index (χ3v) is 16.6. The second-order valence-electron chi connectivity index (χ2n) is 32.1. The zero-order chi connectivity index (χ0) is 77.4. The van der Waals surface area contributed by atoms with E-state index in [1.807, 2.05) is 0 Å². The number of hydrogen-bond donors (Lipinski definition) is 0. The van der Waals surface area contributed by atoms with Crippen LogP contribution in [0.4, 0.5) is 0 Å². The number of Topliss-reactive ketones (excluding diaryl/α,β-unsaturated/α-hetero) is 6. The minimum Gasteiger partial charge on any atom is -0.300 e. The van der Waals surface area contributed by atoms with E-state index in [0.29, 0.717) is 30.4 Å². The van der Waals surface area contributed by atoms with Crippen molar-refractivity contribution >= 4 is 34.7 Å². The van der Waals surface area contributed by atoms with Gasteiger partial charge in [0, 0.05) is 30.4 Å². The van der Waals surface area contributed by atoms with Crippen LogP contribution in [0.5, 0.6) is 0 Å². The molecule has 0 saturated carbocycles. The smallest absolute Gasteiger partial charge is 0.160 e. The van der Waals surface area contributed by atoms with E-state index >= 15 is 0 Å². The van der Waals surface area contributed by atoms with Crippen LogP contribution in [0.1, 0.15) is 321 Å². The van der Waals surface area contributed by atoms with Crippen molar-refractivity contribution in [2.24, 2.45) is 0 Å². The van der Waals surface area contributed by atoms with Crippen LogP contribution < -0.4 is 0 Å². The van der Waals surface area contributed by atoms with Crippen LogP contribution in [0.3, 0.4) is 0 Å². The first-order chi connectivity index (χ1) is 46.2. The first kappa shape index (κ1) is 94.6. The Kier molecular flexibility index (Phi) is 44.4. The number of aryl methyl sites for hydroxylation is 6. The molecule has 0 N–H and O–H groups in total. The van der Waals surface area contributed by atoms with Crippen molar-refractivity contribution in [3.8, 4) is 0 Å². The summed E-state index contributed by atoms with van der Waals surface area (Å²) < 4.78 is 0. The van der Waals surface area contributed by atoms with Crippen LogP contribution in [0.25, 0.3) is 0 Å². The topological polar surface area (TPSA) is 102 Å². The maximum Gasteiger partial charge on any atom is 0.160 e. The highest BCUT2D eigenvalue weighted by molar-refractivity contribution is 6.07. The minimum atomic E-state index is -0.0687. The number of benzene rings is 7. The van der Waals surface area contributed by atoms with Gasteiger partial charge in [-0.25, -0.2) is 0 Å². The third kappa shape index (κ3) is 41.3. The molecule has 0 aliphatic carbocycles. The van der Waals surface area contributed by atoms with E-state index in [0.717, 1.165) is 38.5 Å². The van der Waals surface area contributed by atoms with Gasteiger partial charge in [-0.15, -0.1) is 0 Å². The van der Waals surface area contributed by atoms with Crippen LogP contribution in [0.2, 0.25) is 0 Å². The number of carbonyl (C=O) groups excluding carboxylic acids is 6. The fourth-order valence-electron chi connectivity index (χ4n) is 9.89. The van der Waals surface area contributed by atoms with Gasteiger partial charge in [0.05, 0.1) is 6.42 Å². The molecule has 7 aromatic rings. The quantitative estimate of drug-likeness (QED) is 0.0794. The van der Waals surface area contributed by atoms with Gasteiger partial charge in [-0.05, 0) is 172 Å². The molecule has 0 unspecified atom stereocenters. The second-order valence-corrected chi connectivity index (χ2v) is 32.1. The molecular formula is C94H138O6. The van der Waals surface area contributed by atoms with Gasteiger partial charge >= 0.3 is 0 Å². The summed E-state index contributed by atoms with van der Waals surface area (Å²) in [5.41, 5.74) is 19.8. The van der Waals surface area contributed by atoms with E-state index in [9.17, 15) is 28.8 Å². The molecule has 0 fully saturated rings. The molecule has 550 valence electrons. The molecule has 7 rings (SSSR count). The average molecular weight is 1360 g/mol. The molecule has 0 aromatic heterocycles. The lowest BCUT2D eigenvalue weighted by molar-refractivity contribution is -0.125. The van der Waals surface area contributed by atoms with Gasteiger partial charge in [-0.3, -0.25) is 19.2 Å². The van der Waals surface area contributed by atoms with E-state index in [-0.39, 0.29) is 73.6 Å². The van der Waals surface area contributed by atoms with Crippen molar-refractivity contribution < 1.29 is 28.8 Å². The van der Waals surface area contributed by atoms with Crippen LogP contribution in [-0.2, 0) is 90.2 Å². The summed E-state index contributed by atoms with van der Waals surface area (Å²) in [4.78, 5) is 63.0. The Balaban J connectivity index is 0. The van der Waals surface area contributed by atoms with E-state index in [2.05, 4.69) is 312 Å². The highest BCUT2D eigenvalue weighted by Crippen LogP contribution is 2.34. The van der Waals surface area contributed by atoms with Gasteiger partial charge in [-0.1, -0.05) is 343 Å². The lowest BCUT2D eigenvalue weighted by atomic mass is 9.75. The van der Waals surface area contributed by atoms with Gasteiger partial charge in [-0.2, -0.15) is 0 Å². The molecule has 0 aliphatic rings. The van der Waals surface area contributed by atoms with Crippen molar-refractivity contribution in [1.82, 2.24) is 0 Å². The molecule has 0 radical (unpaired) electrons. The zero-order valence-electron chi connectivity index (χ0n) is 68.7. The first-order valence-corrected chi connectivity index (χ1v) is 36.8.